The van der Waals surface area contributed by atoms with Crippen LogP contribution in [0.25, 0.3) is 0 Å². The highest BCUT2D eigenvalue weighted by atomic mass is 79.9. The smallest absolute Gasteiger partial charge is 0.127 e. The van der Waals surface area contributed by atoms with Crippen LogP contribution in [0.5, 0.6) is 0 Å². The molecule has 0 heterocycles. The minimum absolute atomic E-state index is 0.00185. The summed E-state index contributed by atoms with van der Waals surface area (Å²) in [6, 6.07) is 14.9. The van der Waals surface area contributed by atoms with Crippen molar-refractivity contribution in [3.05, 3.63) is 69.9 Å². The van der Waals surface area contributed by atoms with Crippen molar-refractivity contribution in [2.45, 2.75) is 11.2 Å². The van der Waals surface area contributed by atoms with Crippen LogP contribution in [0.15, 0.2) is 53.0 Å². The molecule has 2 aromatic carbocycles. The molecule has 0 aliphatic carbocycles. The van der Waals surface area contributed by atoms with Crippen molar-refractivity contribution in [3.63, 3.8) is 0 Å². The molecule has 2 rings (SSSR count). The molecule has 1 atom stereocenters. The van der Waals surface area contributed by atoms with Crippen molar-refractivity contribution in [1.29, 1.82) is 0 Å². The topological polar surface area (TPSA) is 0 Å². The first kappa shape index (κ1) is 12.8. The second kappa shape index (κ2) is 5.78. The number of alkyl halides is 1. The molecule has 0 aliphatic heterocycles. The molecule has 0 saturated carbocycles. The lowest BCUT2D eigenvalue weighted by atomic mass is 10.0. The van der Waals surface area contributed by atoms with E-state index in [1.807, 2.05) is 30.3 Å². The van der Waals surface area contributed by atoms with Gasteiger partial charge < -0.3 is 0 Å². The van der Waals surface area contributed by atoms with Crippen molar-refractivity contribution >= 4 is 31.9 Å². The number of benzene rings is 2. The zero-order valence-electron chi connectivity index (χ0n) is 9.04. The molecule has 0 saturated heterocycles. The summed E-state index contributed by atoms with van der Waals surface area (Å²) in [5, 5.41) is 0. The van der Waals surface area contributed by atoms with Gasteiger partial charge in [0.25, 0.3) is 0 Å². The third-order valence-corrected chi connectivity index (χ3v) is 3.86. The fraction of sp³-hybridized carbons (Fsp3) is 0.143. The van der Waals surface area contributed by atoms with Gasteiger partial charge in [0, 0.05) is 14.9 Å². The van der Waals surface area contributed by atoms with E-state index in [1.54, 1.807) is 6.07 Å². The zero-order chi connectivity index (χ0) is 12.3. The van der Waals surface area contributed by atoms with E-state index in [2.05, 4.69) is 37.9 Å². The summed E-state index contributed by atoms with van der Waals surface area (Å²) in [5.74, 6) is -0.163. The minimum Gasteiger partial charge on any atom is -0.207 e. The van der Waals surface area contributed by atoms with Crippen molar-refractivity contribution in [1.82, 2.24) is 0 Å². The molecule has 2 aromatic rings. The Bertz CT molecular complexity index is 511. The molecular formula is C14H11Br2F. The fourth-order valence-electron chi connectivity index (χ4n) is 1.71. The van der Waals surface area contributed by atoms with E-state index >= 15 is 0 Å². The van der Waals surface area contributed by atoms with Crippen LogP contribution >= 0.6 is 31.9 Å². The molecule has 0 aromatic heterocycles. The Morgan fingerprint density at radius 3 is 2.53 bits per heavy atom. The Morgan fingerprint density at radius 2 is 1.82 bits per heavy atom. The van der Waals surface area contributed by atoms with Crippen LogP contribution in [0.4, 0.5) is 4.39 Å². The molecule has 0 aliphatic rings. The van der Waals surface area contributed by atoms with Crippen molar-refractivity contribution in [3.8, 4) is 0 Å². The summed E-state index contributed by atoms with van der Waals surface area (Å²) in [7, 11) is 0. The average molecular weight is 358 g/mol. The molecule has 3 heteroatoms. The highest BCUT2D eigenvalue weighted by Crippen LogP contribution is 2.29. The third kappa shape index (κ3) is 3.39. The Morgan fingerprint density at radius 1 is 1.06 bits per heavy atom. The van der Waals surface area contributed by atoms with Gasteiger partial charge in [0.1, 0.15) is 5.82 Å². The zero-order valence-corrected chi connectivity index (χ0v) is 12.2. The van der Waals surface area contributed by atoms with E-state index in [4.69, 9.17) is 0 Å². The van der Waals surface area contributed by atoms with E-state index in [9.17, 15) is 4.39 Å². The van der Waals surface area contributed by atoms with E-state index < -0.39 is 0 Å². The van der Waals surface area contributed by atoms with Gasteiger partial charge in [-0.2, -0.15) is 0 Å². The molecule has 0 fully saturated rings. The predicted molar refractivity (Wildman–Crippen MR) is 75.9 cm³/mol. The van der Waals surface area contributed by atoms with Crippen molar-refractivity contribution < 1.29 is 4.39 Å². The van der Waals surface area contributed by atoms with Gasteiger partial charge in [-0.15, -0.1) is 0 Å². The van der Waals surface area contributed by atoms with Crippen LogP contribution in [0.3, 0.4) is 0 Å². The Hall–Kier alpha value is -0.670. The highest BCUT2D eigenvalue weighted by molar-refractivity contribution is 9.10. The second-order valence-electron chi connectivity index (χ2n) is 3.82. The number of halogens is 3. The number of hydrogen-bond acceptors (Lipinski definition) is 0. The molecule has 0 N–H and O–H groups in total. The van der Waals surface area contributed by atoms with Crippen LogP contribution in [0.2, 0.25) is 0 Å². The first-order valence-electron chi connectivity index (χ1n) is 5.30. The Kier molecular flexibility index (Phi) is 4.35. The van der Waals surface area contributed by atoms with E-state index in [0.717, 1.165) is 10.9 Å². The fourth-order valence-corrected chi connectivity index (χ4v) is 2.90. The summed E-state index contributed by atoms with van der Waals surface area (Å²) in [6.45, 7) is 0. The van der Waals surface area contributed by atoms with Gasteiger partial charge in [-0.1, -0.05) is 62.2 Å². The second-order valence-corrected chi connectivity index (χ2v) is 5.84. The SMILES string of the molecule is Fc1ccccc1C(Br)Cc1cccc(Br)c1. The number of rotatable bonds is 3. The normalized spacial score (nSPS) is 12.4. The summed E-state index contributed by atoms with van der Waals surface area (Å²) >= 11 is 6.98. The maximum absolute atomic E-state index is 13.6. The van der Waals surface area contributed by atoms with E-state index in [-0.39, 0.29) is 10.6 Å². The van der Waals surface area contributed by atoms with Crippen LogP contribution in [-0.2, 0) is 6.42 Å². The molecule has 0 spiro atoms. The van der Waals surface area contributed by atoms with Gasteiger partial charge >= 0.3 is 0 Å². The maximum Gasteiger partial charge on any atom is 0.127 e. The lowest BCUT2D eigenvalue weighted by Crippen LogP contribution is -1.98. The summed E-state index contributed by atoms with van der Waals surface area (Å²) in [4.78, 5) is -0.00185. The standard InChI is InChI=1S/C14H11Br2F/c15-11-5-3-4-10(8-11)9-13(16)12-6-1-2-7-14(12)17/h1-8,13H,9H2. The molecule has 17 heavy (non-hydrogen) atoms. The van der Waals surface area contributed by atoms with Gasteiger partial charge in [0.15, 0.2) is 0 Å². The molecule has 0 bridgehead atoms. The van der Waals surface area contributed by atoms with Crippen LogP contribution in [0.1, 0.15) is 16.0 Å². The summed E-state index contributed by atoms with van der Waals surface area (Å²) in [6.07, 6.45) is 0.764. The van der Waals surface area contributed by atoms with Crippen molar-refractivity contribution in [2.75, 3.05) is 0 Å². The van der Waals surface area contributed by atoms with Crippen molar-refractivity contribution in [2.24, 2.45) is 0 Å². The van der Waals surface area contributed by atoms with Gasteiger partial charge in [0.05, 0.1) is 0 Å². The molecule has 0 nitrogen and oxygen atoms in total. The lowest BCUT2D eigenvalue weighted by Gasteiger charge is -2.11. The minimum atomic E-state index is -0.163. The van der Waals surface area contributed by atoms with Gasteiger partial charge in [-0.3, -0.25) is 0 Å². The Balaban J connectivity index is 2.17. The van der Waals surface area contributed by atoms with Crippen LogP contribution in [-0.4, -0.2) is 0 Å². The number of hydrogen-bond donors (Lipinski definition) is 0. The Labute approximate surface area is 117 Å². The first-order chi connectivity index (χ1) is 8.16. The average Bonchev–Trinajstić information content (AvgIpc) is 2.29. The van der Waals surface area contributed by atoms with E-state index in [0.29, 0.717) is 5.56 Å². The molecular weight excluding hydrogens is 347 g/mol. The lowest BCUT2D eigenvalue weighted by molar-refractivity contribution is 0.608. The van der Waals surface area contributed by atoms with Gasteiger partial charge in [0.2, 0.25) is 0 Å². The summed E-state index contributed by atoms with van der Waals surface area (Å²) < 4.78 is 14.6. The predicted octanol–water partition coefficient (Wildman–Crippen LogP) is 5.27. The highest BCUT2D eigenvalue weighted by Gasteiger charge is 2.12. The molecule has 88 valence electrons. The quantitative estimate of drug-likeness (QED) is 0.656. The summed E-state index contributed by atoms with van der Waals surface area (Å²) in [5.41, 5.74) is 1.87. The molecule has 1 unspecified atom stereocenters. The molecule has 0 amide bonds. The first-order valence-corrected chi connectivity index (χ1v) is 7.00. The monoisotopic (exact) mass is 356 g/mol. The van der Waals surface area contributed by atoms with Crippen LogP contribution < -0.4 is 0 Å². The third-order valence-electron chi connectivity index (χ3n) is 2.55. The van der Waals surface area contributed by atoms with Gasteiger partial charge in [-0.25, -0.2) is 4.39 Å². The molecule has 0 radical (unpaired) electrons. The maximum atomic E-state index is 13.6. The van der Waals surface area contributed by atoms with E-state index in [1.165, 1.54) is 11.6 Å². The largest absolute Gasteiger partial charge is 0.207 e. The van der Waals surface area contributed by atoms with Gasteiger partial charge in [-0.05, 0) is 30.2 Å². The van der Waals surface area contributed by atoms with Crippen LogP contribution in [0, 0.1) is 5.82 Å².